The molecule has 0 aliphatic carbocycles. The van der Waals surface area contributed by atoms with E-state index >= 15 is 0 Å². The van der Waals surface area contributed by atoms with E-state index in [1.165, 1.54) is 0 Å². The molecule has 0 unspecified atom stereocenters. The largest absolute Gasteiger partial charge is 0.320 e. The molecule has 0 bridgehead atoms. The molecule has 1 amide bonds. The van der Waals surface area contributed by atoms with E-state index in [4.69, 9.17) is 11.6 Å². The number of halogens is 1. The molecule has 4 aromatic rings. The second kappa shape index (κ2) is 7.66. The number of fused-ring (bicyclic) bond motifs is 1. The van der Waals surface area contributed by atoms with Gasteiger partial charge in [-0.1, -0.05) is 60.1 Å². The zero-order chi connectivity index (χ0) is 19.5. The van der Waals surface area contributed by atoms with Gasteiger partial charge in [0.25, 0.3) is 11.5 Å². The van der Waals surface area contributed by atoms with Gasteiger partial charge in [-0.25, -0.2) is 4.98 Å². The summed E-state index contributed by atoms with van der Waals surface area (Å²) in [5.74, 6) is -0.570. The topological polar surface area (TPSA) is 64.0 Å². The molecule has 1 heterocycles. The van der Waals surface area contributed by atoms with Gasteiger partial charge in [0.1, 0.15) is 0 Å². The van der Waals surface area contributed by atoms with E-state index in [0.717, 1.165) is 5.56 Å². The van der Waals surface area contributed by atoms with Crippen LogP contribution in [0.5, 0.6) is 0 Å². The lowest BCUT2D eigenvalue weighted by Gasteiger charge is -2.12. The fraction of sp³-hybridized carbons (Fsp3) is 0.0455. The van der Waals surface area contributed by atoms with Crippen LogP contribution in [0.3, 0.4) is 0 Å². The Morgan fingerprint density at radius 2 is 1.71 bits per heavy atom. The first-order valence-corrected chi connectivity index (χ1v) is 9.10. The van der Waals surface area contributed by atoms with Crippen LogP contribution in [0.1, 0.15) is 16.1 Å². The monoisotopic (exact) mass is 389 g/mol. The van der Waals surface area contributed by atoms with Gasteiger partial charge in [-0.3, -0.25) is 9.59 Å². The highest BCUT2D eigenvalue weighted by molar-refractivity contribution is 6.30. The van der Waals surface area contributed by atoms with Gasteiger partial charge >= 0.3 is 0 Å². The number of amides is 1. The minimum atomic E-state index is -0.570. The Morgan fingerprint density at radius 1 is 0.964 bits per heavy atom. The molecule has 138 valence electrons. The lowest BCUT2D eigenvalue weighted by molar-refractivity contribution is 0.102. The van der Waals surface area contributed by atoms with Gasteiger partial charge in [0.05, 0.1) is 17.6 Å². The molecule has 6 heteroatoms. The second-order valence-corrected chi connectivity index (χ2v) is 6.73. The van der Waals surface area contributed by atoms with Crippen LogP contribution in [0.2, 0.25) is 5.02 Å². The summed E-state index contributed by atoms with van der Waals surface area (Å²) in [6.45, 7) is 0.347. The summed E-state index contributed by atoms with van der Waals surface area (Å²) in [6, 6.07) is 23.6. The molecule has 0 aliphatic heterocycles. The van der Waals surface area contributed by atoms with Crippen LogP contribution in [-0.2, 0) is 6.54 Å². The molecule has 5 nitrogen and oxygen atoms in total. The normalized spacial score (nSPS) is 10.8. The number of aromatic nitrogens is 2. The Morgan fingerprint density at radius 3 is 2.50 bits per heavy atom. The third kappa shape index (κ3) is 3.66. The van der Waals surface area contributed by atoms with Crippen molar-refractivity contribution >= 4 is 34.2 Å². The molecule has 0 fully saturated rings. The predicted molar refractivity (Wildman–Crippen MR) is 111 cm³/mol. The first-order chi connectivity index (χ1) is 13.6. The van der Waals surface area contributed by atoms with Gasteiger partial charge in [0.2, 0.25) is 0 Å². The van der Waals surface area contributed by atoms with Crippen LogP contribution >= 0.6 is 11.6 Å². The van der Waals surface area contributed by atoms with Crippen LogP contribution in [-0.4, -0.2) is 15.5 Å². The molecule has 0 atom stereocenters. The quantitative estimate of drug-likeness (QED) is 0.564. The van der Waals surface area contributed by atoms with Gasteiger partial charge in [-0.05, 0) is 35.9 Å². The minimum Gasteiger partial charge on any atom is -0.320 e. The highest BCUT2D eigenvalue weighted by atomic mass is 35.5. The second-order valence-electron chi connectivity index (χ2n) is 6.29. The Bertz CT molecular complexity index is 1220. The van der Waals surface area contributed by atoms with Crippen LogP contribution in [0.25, 0.3) is 11.0 Å². The van der Waals surface area contributed by atoms with Crippen molar-refractivity contribution in [2.75, 3.05) is 5.32 Å². The molecular formula is C22H16ClN3O2. The van der Waals surface area contributed by atoms with E-state index < -0.39 is 11.5 Å². The van der Waals surface area contributed by atoms with E-state index in [9.17, 15) is 9.59 Å². The summed E-state index contributed by atoms with van der Waals surface area (Å²) in [4.78, 5) is 30.2. The number of hydrogen-bond acceptors (Lipinski definition) is 3. The number of rotatable bonds is 4. The molecule has 0 spiro atoms. The number of para-hydroxylation sites is 2. The third-order valence-electron chi connectivity index (χ3n) is 4.33. The SMILES string of the molecule is O=C(Nc1cccc(Cl)c1)c1nc2ccccc2n(Cc2ccccc2)c1=O. The highest BCUT2D eigenvalue weighted by Gasteiger charge is 2.18. The maximum absolute atomic E-state index is 13.1. The van der Waals surface area contributed by atoms with Crippen molar-refractivity contribution in [2.45, 2.75) is 6.54 Å². The molecule has 1 aromatic heterocycles. The summed E-state index contributed by atoms with van der Waals surface area (Å²) in [6.07, 6.45) is 0. The third-order valence-corrected chi connectivity index (χ3v) is 4.57. The van der Waals surface area contributed by atoms with Crippen molar-refractivity contribution in [3.05, 3.63) is 105 Å². The molecule has 28 heavy (non-hydrogen) atoms. The van der Waals surface area contributed by atoms with Gasteiger partial charge in [-0.2, -0.15) is 0 Å². The van der Waals surface area contributed by atoms with Gasteiger partial charge in [-0.15, -0.1) is 0 Å². The van der Waals surface area contributed by atoms with Crippen molar-refractivity contribution in [1.82, 2.24) is 9.55 Å². The first-order valence-electron chi connectivity index (χ1n) is 8.72. The van der Waals surface area contributed by atoms with E-state index in [1.807, 2.05) is 48.5 Å². The Kier molecular flexibility index (Phi) is 4.91. The lowest BCUT2D eigenvalue weighted by Crippen LogP contribution is -2.31. The molecule has 0 aliphatic rings. The van der Waals surface area contributed by atoms with Crippen molar-refractivity contribution in [3.63, 3.8) is 0 Å². The number of anilines is 1. The fourth-order valence-electron chi connectivity index (χ4n) is 3.02. The Balaban J connectivity index is 1.79. The number of nitrogens with zero attached hydrogens (tertiary/aromatic N) is 2. The van der Waals surface area contributed by atoms with Crippen molar-refractivity contribution in [1.29, 1.82) is 0 Å². The summed E-state index contributed by atoms with van der Waals surface area (Å²) < 4.78 is 1.57. The lowest BCUT2D eigenvalue weighted by atomic mass is 10.2. The maximum Gasteiger partial charge on any atom is 0.283 e. The van der Waals surface area contributed by atoms with E-state index in [0.29, 0.717) is 28.3 Å². The van der Waals surface area contributed by atoms with Gasteiger partial charge < -0.3 is 9.88 Å². The number of benzene rings is 3. The molecule has 0 saturated heterocycles. The molecule has 0 radical (unpaired) electrons. The summed E-state index contributed by atoms with van der Waals surface area (Å²) in [5, 5.41) is 3.19. The average molecular weight is 390 g/mol. The molecule has 1 N–H and O–H groups in total. The van der Waals surface area contributed by atoms with Gasteiger partial charge in [0, 0.05) is 10.7 Å². The summed E-state index contributed by atoms with van der Waals surface area (Å²) >= 11 is 5.97. The summed E-state index contributed by atoms with van der Waals surface area (Å²) in [7, 11) is 0. The predicted octanol–water partition coefficient (Wildman–Crippen LogP) is 4.35. The average Bonchev–Trinajstić information content (AvgIpc) is 2.70. The maximum atomic E-state index is 13.1. The van der Waals surface area contributed by atoms with E-state index in [-0.39, 0.29) is 5.69 Å². The molecular weight excluding hydrogens is 374 g/mol. The van der Waals surface area contributed by atoms with Gasteiger partial charge in [0.15, 0.2) is 5.69 Å². The van der Waals surface area contributed by atoms with Crippen LogP contribution in [0, 0.1) is 0 Å². The first kappa shape index (κ1) is 17.9. The molecule has 0 saturated carbocycles. The molecule has 3 aromatic carbocycles. The zero-order valence-corrected chi connectivity index (χ0v) is 15.6. The minimum absolute atomic E-state index is 0.158. The zero-order valence-electron chi connectivity index (χ0n) is 14.8. The van der Waals surface area contributed by atoms with Crippen LogP contribution in [0.15, 0.2) is 83.7 Å². The Labute approximate surface area is 166 Å². The van der Waals surface area contributed by atoms with Crippen molar-refractivity contribution < 1.29 is 4.79 Å². The van der Waals surface area contributed by atoms with Crippen molar-refractivity contribution in [3.8, 4) is 0 Å². The number of carbonyl (C=O) groups is 1. The summed E-state index contributed by atoms with van der Waals surface area (Å²) in [5.41, 5.74) is 2.12. The van der Waals surface area contributed by atoms with Crippen LogP contribution < -0.4 is 10.9 Å². The number of nitrogens with one attached hydrogen (secondary N) is 1. The fourth-order valence-corrected chi connectivity index (χ4v) is 3.21. The van der Waals surface area contributed by atoms with E-state index in [1.54, 1.807) is 34.9 Å². The van der Waals surface area contributed by atoms with Crippen LogP contribution in [0.4, 0.5) is 5.69 Å². The number of hydrogen-bond donors (Lipinski definition) is 1. The standard InChI is InChI=1S/C22H16ClN3O2/c23-16-9-6-10-17(13-16)24-21(27)20-22(28)26(14-15-7-2-1-3-8-15)19-12-5-4-11-18(19)25-20/h1-13H,14H2,(H,24,27). The number of carbonyl (C=O) groups excluding carboxylic acids is 1. The smallest absolute Gasteiger partial charge is 0.283 e. The highest BCUT2D eigenvalue weighted by Crippen LogP contribution is 2.16. The van der Waals surface area contributed by atoms with Crippen molar-refractivity contribution in [2.24, 2.45) is 0 Å². The molecule has 4 rings (SSSR count). The van der Waals surface area contributed by atoms with E-state index in [2.05, 4.69) is 10.3 Å². The Hall–Kier alpha value is -3.44.